The molecular weight excluding hydrogens is 338 g/mol. The molecule has 1 heterocycles. The van der Waals surface area contributed by atoms with Crippen LogP contribution in [0.4, 0.5) is 13.6 Å². The number of nitrogens with one attached hydrogen (secondary N) is 1. The van der Waals surface area contributed by atoms with Gasteiger partial charge in [-0.15, -0.1) is 0 Å². The molecule has 1 amide bonds. The maximum Gasteiger partial charge on any atom is 0.410 e. The highest BCUT2D eigenvalue weighted by atomic mass is 19.1. The normalized spacial score (nSPS) is 18.3. The van der Waals surface area contributed by atoms with Crippen LogP contribution >= 0.6 is 0 Å². The molecule has 1 atom stereocenters. The zero-order chi connectivity index (χ0) is 19.3. The Hall–Kier alpha value is -1.95. The first-order chi connectivity index (χ1) is 12.2. The third-order valence-corrected chi connectivity index (χ3v) is 4.15. The van der Waals surface area contributed by atoms with Crippen LogP contribution in [0.1, 0.15) is 46.1 Å². The molecule has 4 nitrogen and oxygen atoms in total. The summed E-state index contributed by atoms with van der Waals surface area (Å²) < 4.78 is 32.1. The maximum atomic E-state index is 13.7. The largest absolute Gasteiger partial charge is 0.444 e. The summed E-state index contributed by atoms with van der Waals surface area (Å²) >= 11 is 0. The summed E-state index contributed by atoms with van der Waals surface area (Å²) in [7, 11) is 0. The van der Waals surface area contributed by atoms with E-state index in [4.69, 9.17) is 4.74 Å². The Morgan fingerprint density at radius 3 is 2.77 bits per heavy atom. The van der Waals surface area contributed by atoms with Gasteiger partial charge in [0.1, 0.15) is 17.2 Å². The number of carbonyl (C=O) groups excluding carboxylic acids is 1. The van der Waals surface area contributed by atoms with E-state index in [2.05, 4.69) is 5.32 Å². The van der Waals surface area contributed by atoms with Crippen molar-refractivity contribution in [3.05, 3.63) is 41.0 Å². The molecule has 1 unspecified atom stereocenters. The molecule has 0 radical (unpaired) electrons. The van der Waals surface area contributed by atoms with E-state index in [1.807, 2.05) is 27.7 Å². The van der Waals surface area contributed by atoms with Crippen LogP contribution in [0, 0.1) is 11.6 Å². The predicted octanol–water partition coefficient (Wildman–Crippen LogP) is 4.36. The van der Waals surface area contributed by atoms with Crippen LogP contribution < -0.4 is 5.32 Å². The molecule has 144 valence electrons. The minimum atomic E-state index is -0.584. The quantitative estimate of drug-likeness (QED) is 0.842. The Bertz CT molecular complexity index is 668. The van der Waals surface area contributed by atoms with Crippen molar-refractivity contribution in [1.29, 1.82) is 0 Å². The van der Waals surface area contributed by atoms with Gasteiger partial charge in [0.05, 0.1) is 0 Å². The van der Waals surface area contributed by atoms with E-state index in [0.29, 0.717) is 25.2 Å². The van der Waals surface area contributed by atoms with Crippen molar-refractivity contribution in [3.63, 3.8) is 0 Å². The number of hydrogen-bond donors (Lipinski definition) is 1. The number of halogens is 2. The molecule has 0 aliphatic carbocycles. The van der Waals surface area contributed by atoms with Crippen LogP contribution in [0.25, 0.3) is 6.08 Å². The topological polar surface area (TPSA) is 41.6 Å². The highest BCUT2D eigenvalue weighted by Gasteiger charge is 2.31. The average Bonchev–Trinajstić information content (AvgIpc) is 2.97. The molecule has 2 rings (SSSR count). The number of nitrogens with zero attached hydrogens (tertiary/aromatic N) is 1. The molecule has 0 saturated carbocycles. The molecule has 1 aliphatic heterocycles. The lowest BCUT2D eigenvalue weighted by molar-refractivity contribution is 0.0227. The number of carbonyl (C=O) groups is 1. The summed E-state index contributed by atoms with van der Waals surface area (Å²) in [5, 5.41) is 3.31. The molecular formula is C20H28F2N2O2. The van der Waals surface area contributed by atoms with Crippen LogP contribution in [0.5, 0.6) is 0 Å². The summed E-state index contributed by atoms with van der Waals surface area (Å²) in [6.45, 7) is 9.38. The first-order valence-electron chi connectivity index (χ1n) is 8.98. The monoisotopic (exact) mass is 366 g/mol. The fraction of sp³-hybridized carbons (Fsp3) is 0.550. The van der Waals surface area contributed by atoms with Crippen molar-refractivity contribution < 1.29 is 18.3 Å². The summed E-state index contributed by atoms with van der Waals surface area (Å²) in [6.07, 6.45) is 3.31. The van der Waals surface area contributed by atoms with E-state index in [-0.39, 0.29) is 12.1 Å². The van der Waals surface area contributed by atoms with Crippen LogP contribution in [-0.2, 0) is 4.74 Å². The van der Waals surface area contributed by atoms with Gasteiger partial charge in [0.15, 0.2) is 0 Å². The fourth-order valence-electron chi connectivity index (χ4n) is 2.98. The Morgan fingerprint density at radius 1 is 1.38 bits per heavy atom. The lowest BCUT2D eigenvalue weighted by atomic mass is 10.1. The molecule has 0 spiro atoms. The molecule has 0 bridgehead atoms. The lowest BCUT2D eigenvalue weighted by Gasteiger charge is -2.28. The van der Waals surface area contributed by atoms with Crippen molar-refractivity contribution in [3.8, 4) is 0 Å². The maximum absolute atomic E-state index is 13.7. The van der Waals surface area contributed by atoms with Crippen molar-refractivity contribution in [2.45, 2.75) is 52.2 Å². The number of hydrogen-bond acceptors (Lipinski definition) is 3. The average molecular weight is 366 g/mol. The molecule has 1 fully saturated rings. The van der Waals surface area contributed by atoms with Gasteiger partial charge < -0.3 is 15.0 Å². The molecule has 0 aromatic heterocycles. The van der Waals surface area contributed by atoms with Crippen LogP contribution in [0.3, 0.4) is 0 Å². The van der Waals surface area contributed by atoms with Crippen LogP contribution in [0.2, 0.25) is 0 Å². The summed E-state index contributed by atoms with van der Waals surface area (Å²) in [5.41, 5.74) is 0.787. The molecule has 26 heavy (non-hydrogen) atoms. The Labute approximate surface area is 154 Å². The van der Waals surface area contributed by atoms with Crippen molar-refractivity contribution in [2.24, 2.45) is 0 Å². The van der Waals surface area contributed by atoms with Crippen molar-refractivity contribution in [2.75, 3.05) is 19.6 Å². The molecule has 1 aromatic carbocycles. The smallest absolute Gasteiger partial charge is 0.410 e. The minimum absolute atomic E-state index is 0.0974. The van der Waals surface area contributed by atoms with E-state index in [1.165, 1.54) is 12.1 Å². The van der Waals surface area contributed by atoms with Gasteiger partial charge in [-0.05, 0) is 52.7 Å². The highest BCUT2D eigenvalue weighted by molar-refractivity contribution is 5.69. The Morgan fingerprint density at radius 2 is 2.12 bits per heavy atom. The number of amides is 1. The van der Waals surface area contributed by atoms with Gasteiger partial charge in [0.2, 0.25) is 0 Å². The molecule has 1 N–H and O–H groups in total. The number of likely N-dealkylation sites (tertiary alicyclic amines) is 1. The van der Waals surface area contributed by atoms with Gasteiger partial charge in [-0.2, -0.15) is 0 Å². The van der Waals surface area contributed by atoms with E-state index in [0.717, 1.165) is 24.5 Å². The fourth-order valence-corrected chi connectivity index (χ4v) is 2.98. The van der Waals surface area contributed by atoms with Gasteiger partial charge in [-0.3, -0.25) is 0 Å². The summed E-state index contributed by atoms with van der Waals surface area (Å²) in [4.78, 5) is 14.0. The first kappa shape index (κ1) is 20.4. The highest BCUT2D eigenvalue weighted by Crippen LogP contribution is 2.20. The standard InChI is InChI=1S/C20H28F2N2O2/c1-14(10-15-7-8-16(21)11-18(15)22)12-23-13-17-6-5-9-24(17)19(25)26-20(2,3)4/h7-8,10-11,17,23H,5-6,9,12-13H2,1-4H3/b14-10+. The van der Waals surface area contributed by atoms with Gasteiger partial charge in [0, 0.05) is 37.3 Å². The summed E-state index contributed by atoms with van der Waals surface area (Å²) in [6, 6.07) is 3.65. The van der Waals surface area contributed by atoms with Crippen molar-refractivity contribution in [1.82, 2.24) is 10.2 Å². The summed E-state index contributed by atoms with van der Waals surface area (Å²) in [5.74, 6) is -1.16. The minimum Gasteiger partial charge on any atom is -0.444 e. The molecule has 6 heteroatoms. The number of benzene rings is 1. The van der Waals surface area contributed by atoms with E-state index in [9.17, 15) is 13.6 Å². The molecule has 1 aliphatic rings. The second kappa shape index (κ2) is 8.62. The van der Waals surface area contributed by atoms with Gasteiger partial charge in [-0.1, -0.05) is 11.6 Å². The van der Waals surface area contributed by atoms with Gasteiger partial charge in [0.25, 0.3) is 0 Å². The van der Waals surface area contributed by atoms with Crippen LogP contribution in [0.15, 0.2) is 23.8 Å². The zero-order valence-corrected chi connectivity index (χ0v) is 15.9. The Balaban J connectivity index is 1.86. The predicted molar refractivity (Wildman–Crippen MR) is 98.8 cm³/mol. The first-order valence-corrected chi connectivity index (χ1v) is 8.98. The van der Waals surface area contributed by atoms with Gasteiger partial charge in [-0.25, -0.2) is 13.6 Å². The molecule has 1 saturated heterocycles. The van der Waals surface area contributed by atoms with E-state index < -0.39 is 17.2 Å². The second-order valence-electron chi connectivity index (χ2n) is 7.76. The number of ether oxygens (including phenoxy) is 1. The Kier molecular flexibility index (Phi) is 6.75. The van der Waals surface area contributed by atoms with E-state index in [1.54, 1.807) is 11.0 Å². The molecule has 1 aromatic rings. The SMILES string of the molecule is C/C(=C\c1ccc(F)cc1F)CNCC1CCCN1C(=O)OC(C)(C)C. The van der Waals surface area contributed by atoms with Crippen molar-refractivity contribution >= 4 is 12.2 Å². The second-order valence-corrected chi connectivity index (χ2v) is 7.76. The number of rotatable bonds is 5. The van der Waals surface area contributed by atoms with Gasteiger partial charge >= 0.3 is 6.09 Å². The third kappa shape index (κ3) is 6.09. The van der Waals surface area contributed by atoms with E-state index >= 15 is 0 Å². The lowest BCUT2D eigenvalue weighted by Crippen LogP contribution is -2.44. The van der Waals surface area contributed by atoms with Crippen LogP contribution in [-0.4, -0.2) is 42.3 Å². The third-order valence-electron chi connectivity index (χ3n) is 4.15. The zero-order valence-electron chi connectivity index (χ0n) is 15.9.